The van der Waals surface area contributed by atoms with Crippen LogP contribution in [-0.2, 0) is 16.1 Å². The van der Waals surface area contributed by atoms with Gasteiger partial charge in [-0.25, -0.2) is 0 Å². The van der Waals surface area contributed by atoms with Crippen LogP contribution in [0.5, 0.6) is 11.5 Å². The van der Waals surface area contributed by atoms with Gasteiger partial charge in [-0.05, 0) is 47.4 Å². The van der Waals surface area contributed by atoms with Crippen molar-refractivity contribution >= 4 is 18.6 Å². The van der Waals surface area contributed by atoms with Crippen LogP contribution in [0.2, 0.25) is 0 Å². The number of nitrogens with zero attached hydrogens (tertiary/aromatic N) is 1. The number of hydrogen-bond acceptors (Lipinski definition) is 6. The van der Waals surface area contributed by atoms with Gasteiger partial charge in [-0.3, -0.25) is 4.79 Å². The van der Waals surface area contributed by atoms with Gasteiger partial charge in [0, 0.05) is 6.92 Å². The summed E-state index contributed by atoms with van der Waals surface area (Å²) < 4.78 is 10.5. The van der Waals surface area contributed by atoms with Crippen LogP contribution in [0, 0.1) is 11.3 Å². The second kappa shape index (κ2) is 7.45. The Hall–Kier alpha value is -2.82. The second-order valence-corrected chi connectivity index (χ2v) is 4.75. The minimum absolute atomic E-state index is 0.0904. The van der Waals surface area contributed by atoms with Crippen molar-refractivity contribution in [2.45, 2.75) is 13.5 Å². The maximum Gasteiger partial charge on any atom is 0.488 e. The lowest BCUT2D eigenvalue weighted by Gasteiger charge is -2.12. The first-order chi connectivity index (χ1) is 11.0. The molecule has 7 heteroatoms. The molecule has 0 aromatic heterocycles. The molecule has 0 aliphatic carbocycles. The van der Waals surface area contributed by atoms with Crippen molar-refractivity contribution in [3.05, 3.63) is 53.6 Å². The molecule has 0 amide bonds. The van der Waals surface area contributed by atoms with Crippen molar-refractivity contribution in [3.63, 3.8) is 0 Å². The maximum absolute atomic E-state index is 10.9. The van der Waals surface area contributed by atoms with E-state index in [4.69, 9.17) is 14.7 Å². The molecule has 0 aliphatic rings. The summed E-state index contributed by atoms with van der Waals surface area (Å²) in [5.41, 5.74) is 1.19. The number of ether oxygens (including phenoxy) is 2. The Labute approximate surface area is 133 Å². The standard InChI is InChI=1S/C16H14BNO5/c1-11(19)22-10-13-8-15(6-7-16(13)17(20)21)23-14-4-2-12(9-18)3-5-14/h2-8,20-21H,10H2,1H3. The number of esters is 1. The summed E-state index contributed by atoms with van der Waals surface area (Å²) in [7, 11) is -1.68. The van der Waals surface area contributed by atoms with E-state index < -0.39 is 13.1 Å². The van der Waals surface area contributed by atoms with Crippen molar-refractivity contribution < 1.29 is 24.3 Å². The molecule has 2 rings (SSSR count). The van der Waals surface area contributed by atoms with E-state index in [1.807, 2.05) is 6.07 Å². The highest BCUT2D eigenvalue weighted by molar-refractivity contribution is 6.59. The zero-order chi connectivity index (χ0) is 16.8. The number of nitriles is 1. The Morgan fingerprint density at radius 1 is 1.17 bits per heavy atom. The third kappa shape index (κ3) is 4.58. The van der Waals surface area contributed by atoms with E-state index in [-0.39, 0.29) is 12.1 Å². The van der Waals surface area contributed by atoms with Crippen LogP contribution < -0.4 is 10.2 Å². The van der Waals surface area contributed by atoms with Gasteiger partial charge < -0.3 is 19.5 Å². The molecule has 0 aliphatic heterocycles. The summed E-state index contributed by atoms with van der Waals surface area (Å²) >= 11 is 0. The van der Waals surface area contributed by atoms with E-state index >= 15 is 0 Å². The van der Waals surface area contributed by atoms with Crippen molar-refractivity contribution in [2.75, 3.05) is 0 Å². The summed E-state index contributed by atoms with van der Waals surface area (Å²) in [5, 5.41) is 27.5. The van der Waals surface area contributed by atoms with E-state index in [9.17, 15) is 14.8 Å². The average molecular weight is 311 g/mol. The van der Waals surface area contributed by atoms with Gasteiger partial charge in [0.15, 0.2) is 0 Å². The molecule has 0 radical (unpaired) electrons. The molecule has 2 aromatic carbocycles. The Balaban J connectivity index is 2.23. The normalized spacial score (nSPS) is 9.83. The number of benzene rings is 2. The molecule has 0 unspecified atom stereocenters. The molecule has 6 nitrogen and oxygen atoms in total. The van der Waals surface area contributed by atoms with Crippen LogP contribution in [0.25, 0.3) is 0 Å². The molecule has 116 valence electrons. The maximum atomic E-state index is 10.9. The van der Waals surface area contributed by atoms with Crippen LogP contribution >= 0.6 is 0 Å². The summed E-state index contributed by atoms with van der Waals surface area (Å²) in [5.74, 6) is 0.503. The molecular formula is C16H14BNO5. The fraction of sp³-hybridized carbons (Fsp3) is 0.125. The predicted molar refractivity (Wildman–Crippen MR) is 83.0 cm³/mol. The SMILES string of the molecule is CC(=O)OCc1cc(Oc2ccc(C#N)cc2)ccc1B(O)O. The second-order valence-electron chi connectivity index (χ2n) is 4.75. The van der Waals surface area contributed by atoms with Crippen molar-refractivity contribution in [1.29, 1.82) is 5.26 Å². The molecule has 2 N–H and O–H groups in total. The van der Waals surface area contributed by atoms with Crippen LogP contribution in [0.1, 0.15) is 18.1 Å². The third-order valence-electron chi connectivity index (χ3n) is 3.04. The van der Waals surface area contributed by atoms with Gasteiger partial charge in [-0.1, -0.05) is 6.07 Å². The number of carbonyl (C=O) groups is 1. The molecule has 0 atom stereocenters. The predicted octanol–water partition coefficient (Wildman–Crippen LogP) is 1.09. The molecule has 2 aromatic rings. The molecule has 0 heterocycles. The fourth-order valence-electron chi connectivity index (χ4n) is 1.94. The van der Waals surface area contributed by atoms with Crippen molar-refractivity contribution in [2.24, 2.45) is 0 Å². The molecule has 0 saturated heterocycles. The highest BCUT2D eigenvalue weighted by Crippen LogP contribution is 2.22. The summed E-state index contributed by atoms with van der Waals surface area (Å²) in [6.07, 6.45) is 0. The first-order valence-corrected chi connectivity index (χ1v) is 6.80. The topological polar surface area (TPSA) is 99.8 Å². The van der Waals surface area contributed by atoms with Gasteiger partial charge >= 0.3 is 13.1 Å². The van der Waals surface area contributed by atoms with E-state index in [2.05, 4.69) is 0 Å². The highest BCUT2D eigenvalue weighted by Gasteiger charge is 2.17. The lowest BCUT2D eigenvalue weighted by atomic mass is 9.77. The summed E-state index contributed by atoms with van der Waals surface area (Å²) in [6.45, 7) is 1.18. The molecular weight excluding hydrogens is 297 g/mol. The number of hydrogen-bond donors (Lipinski definition) is 2. The van der Waals surface area contributed by atoms with Crippen LogP contribution in [-0.4, -0.2) is 23.1 Å². The lowest BCUT2D eigenvalue weighted by molar-refractivity contribution is -0.142. The van der Waals surface area contributed by atoms with Crippen LogP contribution in [0.15, 0.2) is 42.5 Å². The smallest absolute Gasteiger partial charge is 0.461 e. The zero-order valence-corrected chi connectivity index (χ0v) is 12.4. The van der Waals surface area contributed by atoms with Crippen molar-refractivity contribution in [3.8, 4) is 17.6 Å². The van der Waals surface area contributed by atoms with Crippen molar-refractivity contribution in [1.82, 2.24) is 0 Å². The minimum atomic E-state index is -1.68. The Morgan fingerprint density at radius 3 is 2.39 bits per heavy atom. The fourth-order valence-corrected chi connectivity index (χ4v) is 1.94. The van der Waals surface area contributed by atoms with Gasteiger partial charge in [0.05, 0.1) is 11.6 Å². The quantitative estimate of drug-likeness (QED) is 0.633. The zero-order valence-electron chi connectivity index (χ0n) is 12.4. The number of carbonyl (C=O) groups excluding carboxylic acids is 1. The molecule has 23 heavy (non-hydrogen) atoms. The van der Waals surface area contributed by atoms with E-state index in [1.54, 1.807) is 36.4 Å². The summed E-state index contributed by atoms with van der Waals surface area (Å²) in [6, 6.07) is 13.2. The first kappa shape index (κ1) is 16.6. The van der Waals surface area contributed by atoms with Gasteiger partial charge in [0.25, 0.3) is 0 Å². The van der Waals surface area contributed by atoms with E-state index in [1.165, 1.54) is 13.0 Å². The van der Waals surface area contributed by atoms with Gasteiger partial charge in [-0.15, -0.1) is 0 Å². The molecule has 0 saturated carbocycles. The summed E-state index contributed by atoms with van der Waals surface area (Å²) in [4.78, 5) is 10.9. The van der Waals surface area contributed by atoms with Crippen LogP contribution in [0.4, 0.5) is 0 Å². The van der Waals surface area contributed by atoms with Gasteiger partial charge in [0.2, 0.25) is 0 Å². The monoisotopic (exact) mass is 311 g/mol. The largest absolute Gasteiger partial charge is 0.488 e. The van der Waals surface area contributed by atoms with Gasteiger partial charge in [0.1, 0.15) is 18.1 Å². The number of rotatable bonds is 5. The molecule has 0 fully saturated rings. The lowest BCUT2D eigenvalue weighted by Crippen LogP contribution is -2.33. The third-order valence-corrected chi connectivity index (χ3v) is 3.04. The van der Waals surface area contributed by atoms with Crippen LogP contribution in [0.3, 0.4) is 0 Å². The van der Waals surface area contributed by atoms with Gasteiger partial charge in [-0.2, -0.15) is 5.26 Å². The van der Waals surface area contributed by atoms with E-state index in [0.29, 0.717) is 22.6 Å². The molecule has 0 bridgehead atoms. The molecule has 0 spiro atoms. The highest BCUT2D eigenvalue weighted by atomic mass is 16.5. The first-order valence-electron chi connectivity index (χ1n) is 6.80. The Morgan fingerprint density at radius 2 is 1.83 bits per heavy atom. The Kier molecular flexibility index (Phi) is 5.36. The average Bonchev–Trinajstić information content (AvgIpc) is 2.53. The van der Waals surface area contributed by atoms with E-state index in [0.717, 1.165) is 0 Å². The minimum Gasteiger partial charge on any atom is -0.461 e. The Bertz CT molecular complexity index is 737.